The molecule has 0 radical (unpaired) electrons. The zero-order chi connectivity index (χ0) is 11.7. The van der Waals surface area contributed by atoms with Crippen molar-refractivity contribution in [2.45, 2.75) is 46.6 Å². The van der Waals surface area contributed by atoms with Crippen LogP contribution in [0.4, 0.5) is 0 Å². The van der Waals surface area contributed by atoms with Crippen LogP contribution < -0.4 is 0 Å². The normalized spacial score (nSPS) is 10.9. The third-order valence-electron chi connectivity index (χ3n) is 1.53. The summed E-state index contributed by atoms with van der Waals surface area (Å²) in [6.45, 7) is 6.16. The third-order valence-corrected chi connectivity index (χ3v) is 1.53. The smallest absolute Gasteiger partial charge is 0.197 e. The summed E-state index contributed by atoms with van der Waals surface area (Å²) in [5.41, 5.74) is 0. The number of carbonyl (C=O) groups is 3. The van der Waals surface area contributed by atoms with Crippen LogP contribution in [0.5, 0.6) is 0 Å². The molecule has 0 heterocycles. The molecule has 0 bridgehead atoms. The van der Waals surface area contributed by atoms with Crippen molar-refractivity contribution < 1.29 is 19.5 Å². The standard InChI is InChI=1S/C5H10O2.C5H8O2/c2*1-3-5(7)4(2)6/h4,6H,3H2,1-2H3;3H2,1-2H3. The Labute approximate surface area is 84.3 Å². The topological polar surface area (TPSA) is 71.4 Å². The van der Waals surface area contributed by atoms with Gasteiger partial charge in [0.15, 0.2) is 17.3 Å². The van der Waals surface area contributed by atoms with Crippen LogP contribution >= 0.6 is 0 Å². The van der Waals surface area contributed by atoms with E-state index in [1.165, 1.54) is 13.8 Å². The van der Waals surface area contributed by atoms with Gasteiger partial charge in [-0.15, -0.1) is 0 Å². The number of Topliss-reactive ketones (excluding diaryl/α,β-unsaturated/α-hetero) is 3. The lowest BCUT2D eigenvalue weighted by Gasteiger charge is -1.95. The van der Waals surface area contributed by atoms with E-state index in [0.717, 1.165) is 0 Å². The van der Waals surface area contributed by atoms with Gasteiger partial charge in [-0.25, -0.2) is 0 Å². The lowest BCUT2D eigenvalue weighted by molar-refractivity contribution is -0.135. The van der Waals surface area contributed by atoms with Crippen molar-refractivity contribution in [3.63, 3.8) is 0 Å². The monoisotopic (exact) mass is 202 g/mol. The quantitative estimate of drug-likeness (QED) is 0.687. The van der Waals surface area contributed by atoms with E-state index in [-0.39, 0.29) is 17.3 Å². The molecule has 1 atom stereocenters. The van der Waals surface area contributed by atoms with Gasteiger partial charge in [-0.3, -0.25) is 14.4 Å². The summed E-state index contributed by atoms with van der Waals surface area (Å²) >= 11 is 0. The highest BCUT2D eigenvalue weighted by atomic mass is 16.3. The molecule has 0 aliphatic rings. The van der Waals surface area contributed by atoms with Crippen LogP contribution in [0.3, 0.4) is 0 Å². The Balaban J connectivity index is 0. The average Bonchev–Trinajstić information content (AvgIpc) is 2.15. The fourth-order valence-electron chi connectivity index (χ4n) is 0.544. The summed E-state index contributed by atoms with van der Waals surface area (Å²) < 4.78 is 0. The third kappa shape index (κ3) is 9.06. The van der Waals surface area contributed by atoms with Gasteiger partial charge in [0.25, 0.3) is 0 Å². The minimum Gasteiger partial charge on any atom is -0.386 e. The van der Waals surface area contributed by atoms with Crippen molar-refractivity contribution in [1.82, 2.24) is 0 Å². The predicted octanol–water partition coefficient (Wildman–Crippen LogP) is 0.901. The highest BCUT2D eigenvalue weighted by Gasteiger charge is 2.02. The number of aliphatic hydroxyl groups is 1. The first kappa shape index (κ1) is 15.4. The number of aliphatic hydroxyl groups excluding tert-OH is 1. The van der Waals surface area contributed by atoms with Gasteiger partial charge in [0.05, 0.1) is 0 Å². The maximum atomic E-state index is 10.3. The predicted molar refractivity (Wildman–Crippen MR) is 53.0 cm³/mol. The fourth-order valence-corrected chi connectivity index (χ4v) is 0.544. The second kappa shape index (κ2) is 8.56. The first-order valence-electron chi connectivity index (χ1n) is 4.61. The summed E-state index contributed by atoms with van der Waals surface area (Å²) in [6.07, 6.45) is -0.0162. The molecule has 0 rings (SSSR count). The second-order valence-electron chi connectivity index (χ2n) is 2.83. The fraction of sp³-hybridized carbons (Fsp3) is 0.700. The van der Waals surface area contributed by atoms with Gasteiger partial charge in [0, 0.05) is 19.8 Å². The molecule has 0 aromatic rings. The molecular weight excluding hydrogens is 184 g/mol. The van der Waals surface area contributed by atoms with Crippen LogP contribution in [0.1, 0.15) is 40.5 Å². The van der Waals surface area contributed by atoms with Gasteiger partial charge < -0.3 is 5.11 Å². The summed E-state index contributed by atoms with van der Waals surface area (Å²) in [4.78, 5) is 30.4. The molecule has 0 amide bonds. The molecule has 0 saturated heterocycles. The van der Waals surface area contributed by atoms with E-state index < -0.39 is 6.10 Å². The molecule has 0 aliphatic heterocycles. The van der Waals surface area contributed by atoms with Crippen molar-refractivity contribution in [3.8, 4) is 0 Å². The van der Waals surface area contributed by atoms with E-state index in [2.05, 4.69) is 0 Å². The zero-order valence-corrected chi connectivity index (χ0v) is 9.16. The molecule has 0 aromatic heterocycles. The summed E-state index contributed by atoms with van der Waals surface area (Å²) in [5.74, 6) is -0.734. The van der Waals surface area contributed by atoms with E-state index in [1.54, 1.807) is 13.8 Å². The summed E-state index contributed by atoms with van der Waals surface area (Å²) in [5, 5.41) is 8.47. The molecule has 0 spiro atoms. The molecule has 0 saturated carbocycles. The zero-order valence-electron chi connectivity index (χ0n) is 9.16. The van der Waals surface area contributed by atoms with Gasteiger partial charge in [0.1, 0.15) is 6.10 Å². The Bertz CT molecular complexity index is 206. The van der Waals surface area contributed by atoms with Crippen LogP contribution in [0.2, 0.25) is 0 Å². The Kier molecular flexibility index (Phi) is 9.45. The Hall–Kier alpha value is -1.03. The lowest BCUT2D eigenvalue weighted by Crippen LogP contribution is -2.13. The summed E-state index contributed by atoms with van der Waals surface area (Å²) in [7, 11) is 0. The molecular formula is C10H18O4. The molecule has 0 aromatic carbocycles. The van der Waals surface area contributed by atoms with Crippen LogP contribution in [0, 0.1) is 0 Å². The average molecular weight is 202 g/mol. The van der Waals surface area contributed by atoms with Crippen molar-refractivity contribution in [2.24, 2.45) is 0 Å². The highest BCUT2D eigenvalue weighted by molar-refractivity contribution is 6.36. The lowest BCUT2D eigenvalue weighted by atomic mass is 10.2. The van der Waals surface area contributed by atoms with E-state index in [0.29, 0.717) is 12.8 Å². The highest BCUT2D eigenvalue weighted by Crippen LogP contribution is 1.86. The van der Waals surface area contributed by atoms with E-state index in [9.17, 15) is 14.4 Å². The van der Waals surface area contributed by atoms with Crippen molar-refractivity contribution in [1.29, 1.82) is 0 Å². The molecule has 14 heavy (non-hydrogen) atoms. The maximum absolute atomic E-state index is 10.3. The van der Waals surface area contributed by atoms with Crippen molar-refractivity contribution in [2.75, 3.05) is 0 Å². The van der Waals surface area contributed by atoms with Crippen molar-refractivity contribution in [3.05, 3.63) is 0 Å². The Morgan fingerprint density at radius 2 is 1.57 bits per heavy atom. The van der Waals surface area contributed by atoms with Crippen LogP contribution in [-0.2, 0) is 14.4 Å². The molecule has 4 heteroatoms. The molecule has 0 aliphatic carbocycles. The Morgan fingerprint density at radius 3 is 1.57 bits per heavy atom. The van der Waals surface area contributed by atoms with Gasteiger partial charge >= 0.3 is 0 Å². The minimum atomic E-state index is -0.773. The largest absolute Gasteiger partial charge is 0.386 e. The van der Waals surface area contributed by atoms with Gasteiger partial charge in [-0.2, -0.15) is 0 Å². The van der Waals surface area contributed by atoms with Crippen LogP contribution in [0.25, 0.3) is 0 Å². The van der Waals surface area contributed by atoms with Gasteiger partial charge in [-0.05, 0) is 6.92 Å². The number of rotatable bonds is 4. The molecule has 1 N–H and O–H groups in total. The summed E-state index contributed by atoms with van der Waals surface area (Å²) in [6, 6.07) is 0. The van der Waals surface area contributed by atoms with E-state index in [4.69, 9.17) is 5.11 Å². The molecule has 4 nitrogen and oxygen atoms in total. The maximum Gasteiger partial charge on any atom is 0.197 e. The van der Waals surface area contributed by atoms with Gasteiger partial charge in [0.2, 0.25) is 0 Å². The number of hydrogen-bond donors (Lipinski definition) is 1. The first-order chi connectivity index (χ1) is 6.36. The van der Waals surface area contributed by atoms with Crippen molar-refractivity contribution >= 4 is 17.3 Å². The van der Waals surface area contributed by atoms with Crippen LogP contribution in [0.15, 0.2) is 0 Å². The molecule has 0 fully saturated rings. The van der Waals surface area contributed by atoms with Crippen LogP contribution in [-0.4, -0.2) is 28.6 Å². The molecule has 82 valence electrons. The second-order valence-corrected chi connectivity index (χ2v) is 2.83. The van der Waals surface area contributed by atoms with E-state index >= 15 is 0 Å². The number of ketones is 3. The SMILES string of the molecule is CCC(=O)C(C)=O.CCC(=O)C(C)O. The number of carbonyl (C=O) groups excluding carboxylic acids is 3. The Morgan fingerprint density at radius 1 is 1.14 bits per heavy atom. The van der Waals surface area contributed by atoms with E-state index in [1.807, 2.05) is 0 Å². The first-order valence-corrected chi connectivity index (χ1v) is 4.61. The minimum absolute atomic E-state index is 0.0972. The number of hydrogen-bond acceptors (Lipinski definition) is 4. The molecule has 1 unspecified atom stereocenters. The van der Waals surface area contributed by atoms with Gasteiger partial charge in [-0.1, -0.05) is 13.8 Å².